The van der Waals surface area contributed by atoms with Crippen LogP contribution in [0.2, 0.25) is 0 Å². The Hall–Kier alpha value is -2.56. The van der Waals surface area contributed by atoms with Gasteiger partial charge >= 0.3 is 6.03 Å². The van der Waals surface area contributed by atoms with Gasteiger partial charge in [-0.15, -0.1) is 0 Å². The Morgan fingerprint density at radius 2 is 1.67 bits per heavy atom. The zero-order chi connectivity index (χ0) is 13.0. The number of hydrogen-bond donors (Lipinski definition) is 3. The minimum absolute atomic E-state index is 0.263. The number of aromatic hydroxyl groups is 1. The van der Waals surface area contributed by atoms with E-state index < -0.39 is 17.6 Å². The van der Waals surface area contributed by atoms with Gasteiger partial charge in [0.2, 0.25) is 0 Å². The number of phenols is 1. The van der Waals surface area contributed by atoms with Crippen molar-refractivity contribution in [1.82, 2.24) is 0 Å². The highest BCUT2D eigenvalue weighted by Crippen LogP contribution is 2.19. The Balaban J connectivity index is 2.01. The van der Waals surface area contributed by atoms with Crippen LogP contribution in [0.5, 0.6) is 5.75 Å². The number of hydrogen-bond acceptors (Lipinski definition) is 2. The van der Waals surface area contributed by atoms with E-state index in [1.165, 1.54) is 12.1 Å². The Morgan fingerprint density at radius 3 is 2.33 bits per heavy atom. The molecule has 2 aromatic rings. The molecule has 0 aliphatic heterocycles. The maximum atomic E-state index is 13.0. The summed E-state index contributed by atoms with van der Waals surface area (Å²) in [6.07, 6.45) is 0. The van der Waals surface area contributed by atoms with Crippen LogP contribution in [0.25, 0.3) is 0 Å². The van der Waals surface area contributed by atoms with Crippen molar-refractivity contribution in [2.45, 2.75) is 0 Å². The molecule has 0 saturated carbocycles. The summed E-state index contributed by atoms with van der Waals surface area (Å²) in [5.41, 5.74) is 0.896. The van der Waals surface area contributed by atoms with Crippen LogP contribution in [-0.4, -0.2) is 11.1 Å². The van der Waals surface area contributed by atoms with Crippen molar-refractivity contribution in [3.8, 4) is 5.75 Å². The first kappa shape index (κ1) is 11.9. The molecule has 0 saturated heterocycles. The third kappa shape index (κ3) is 2.98. The lowest BCUT2D eigenvalue weighted by atomic mass is 10.3. The van der Waals surface area contributed by atoms with Crippen molar-refractivity contribution < 1.29 is 14.3 Å². The molecule has 0 radical (unpaired) electrons. The first-order valence-corrected chi connectivity index (χ1v) is 5.27. The third-order valence-corrected chi connectivity index (χ3v) is 2.24. The van der Waals surface area contributed by atoms with Gasteiger partial charge in [0.05, 0.1) is 0 Å². The van der Waals surface area contributed by atoms with Gasteiger partial charge in [-0.25, -0.2) is 9.18 Å². The molecule has 0 fully saturated rings. The zero-order valence-electron chi connectivity index (χ0n) is 9.35. The number of anilines is 2. The second-order valence-corrected chi connectivity index (χ2v) is 3.61. The van der Waals surface area contributed by atoms with E-state index in [0.29, 0.717) is 5.69 Å². The molecule has 4 nitrogen and oxygen atoms in total. The van der Waals surface area contributed by atoms with Gasteiger partial charge in [-0.1, -0.05) is 18.2 Å². The van der Waals surface area contributed by atoms with Gasteiger partial charge in [-0.05, 0) is 24.3 Å². The predicted octanol–water partition coefficient (Wildman–Crippen LogP) is 3.18. The lowest BCUT2D eigenvalue weighted by Gasteiger charge is -2.07. The van der Waals surface area contributed by atoms with E-state index in [4.69, 9.17) is 5.11 Å². The molecule has 2 amide bonds. The molecule has 3 N–H and O–H groups in total. The van der Waals surface area contributed by atoms with E-state index >= 15 is 0 Å². The quantitative estimate of drug-likeness (QED) is 0.713. The molecular formula is C13H11FN2O2. The molecule has 0 spiro atoms. The van der Waals surface area contributed by atoms with E-state index in [-0.39, 0.29) is 5.69 Å². The Bertz CT molecular complexity index is 558. The number of phenolic OH excluding ortho intramolecular Hbond substituents is 1. The summed E-state index contributed by atoms with van der Waals surface area (Å²) >= 11 is 0. The summed E-state index contributed by atoms with van der Waals surface area (Å²) < 4.78 is 13.0. The molecule has 0 aliphatic carbocycles. The second-order valence-electron chi connectivity index (χ2n) is 3.61. The second kappa shape index (κ2) is 5.18. The Labute approximate surface area is 103 Å². The monoisotopic (exact) mass is 246 g/mol. The van der Waals surface area contributed by atoms with Crippen molar-refractivity contribution in [2.75, 3.05) is 10.6 Å². The smallest absolute Gasteiger partial charge is 0.323 e. The largest absolute Gasteiger partial charge is 0.505 e. The van der Waals surface area contributed by atoms with Gasteiger partial charge in [-0.2, -0.15) is 0 Å². The highest BCUT2D eigenvalue weighted by molar-refractivity contribution is 5.99. The molecule has 0 atom stereocenters. The number of urea groups is 1. The van der Waals surface area contributed by atoms with Crippen LogP contribution >= 0.6 is 0 Å². The maximum absolute atomic E-state index is 13.0. The van der Waals surface area contributed by atoms with Crippen LogP contribution < -0.4 is 10.6 Å². The van der Waals surface area contributed by atoms with E-state index in [0.717, 1.165) is 6.07 Å². The van der Waals surface area contributed by atoms with Crippen molar-refractivity contribution in [1.29, 1.82) is 0 Å². The van der Waals surface area contributed by atoms with Crippen LogP contribution in [0, 0.1) is 5.82 Å². The van der Waals surface area contributed by atoms with Gasteiger partial charge < -0.3 is 15.7 Å². The van der Waals surface area contributed by atoms with E-state index in [9.17, 15) is 9.18 Å². The minimum Gasteiger partial charge on any atom is -0.505 e. The molecule has 5 heteroatoms. The van der Waals surface area contributed by atoms with Gasteiger partial charge in [0, 0.05) is 17.4 Å². The number of carbonyl (C=O) groups is 1. The fourth-order valence-electron chi connectivity index (χ4n) is 1.40. The van der Waals surface area contributed by atoms with Crippen molar-refractivity contribution in [2.24, 2.45) is 0 Å². The molecule has 0 heterocycles. The lowest BCUT2D eigenvalue weighted by molar-refractivity contribution is 0.262. The lowest BCUT2D eigenvalue weighted by Crippen LogP contribution is -2.19. The number of benzene rings is 2. The fourth-order valence-corrected chi connectivity index (χ4v) is 1.40. The van der Waals surface area contributed by atoms with Crippen LogP contribution in [0.4, 0.5) is 20.6 Å². The van der Waals surface area contributed by atoms with Crippen LogP contribution in [0.1, 0.15) is 0 Å². The SMILES string of the molecule is O=C(Nc1ccccc1)Nc1ccc(O)c(F)c1. The summed E-state index contributed by atoms with van der Waals surface area (Å²) in [4.78, 5) is 11.6. The number of para-hydroxylation sites is 1. The highest BCUT2D eigenvalue weighted by Gasteiger charge is 2.05. The van der Waals surface area contributed by atoms with E-state index in [1.54, 1.807) is 24.3 Å². The minimum atomic E-state index is -0.785. The highest BCUT2D eigenvalue weighted by atomic mass is 19.1. The summed E-state index contributed by atoms with van der Waals surface area (Å²) in [5.74, 6) is -1.24. The van der Waals surface area contributed by atoms with Gasteiger partial charge in [0.25, 0.3) is 0 Å². The molecule has 2 aromatic carbocycles. The topological polar surface area (TPSA) is 61.4 Å². The Kier molecular flexibility index (Phi) is 3.43. The van der Waals surface area contributed by atoms with Crippen molar-refractivity contribution >= 4 is 17.4 Å². The van der Waals surface area contributed by atoms with Gasteiger partial charge in [0.1, 0.15) is 0 Å². The average molecular weight is 246 g/mol. The third-order valence-electron chi connectivity index (χ3n) is 2.24. The fraction of sp³-hybridized carbons (Fsp3) is 0. The zero-order valence-corrected chi connectivity index (χ0v) is 9.35. The first-order valence-electron chi connectivity index (χ1n) is 5.27. The van der Waals surface area contributed by atoms with E-state index in [1.807, 2.05) is 6.07 Å². The van der Waals surface area contributed by atoms with Crippen LogP contribution in [-0.2, 0) is 0 Å². The van der Waals surface area contributed by atoms with Crippen LogP contribution in [0.15, 0.2) is 48.5 Å². The molecule has 0 aromatic heterocycles. The summed E-state index contributed by atoms with van der Waals surface area (Å²) in [7, 11) is 0. The predicted molar refractivity (Wildman–Crippen MR) is 67.1 cm³/mol. The molecule has 0 unspecified atom stereocenters. The Morgan fingerprint density at radius 1 is 1.00 bits per heavy atom. The van der Waals surface area contributed by atoms with E-state index in [2.05, 4.69) is 10.6 Å². The average Bonchev–Trinajstić information content (AvgIpc) is 2.35. The number of halogens is 1. The molecular weight excluding hydrogens is 235 g/mol. The van der Waals surface area contributed by atoms with Crippen LogP contribution in [0.3, 0.4) is 0 Å². The van der Waals surface area contributed by atoms with Crippen molar-refractivity contribution in [3.05, 3.63) is 54.3 Å². The van der Waals surface area contributed by atoms with Gasteiger partial charge in [-0.3, -0.25) is 0 Å². The standard InChI is InChI=1S/C13H11FN2O2/c14-11-8-10(6-7-12(11)17)16-13(18)15-9-4-2-1-3-5-9/h1-8,17H,(H2,15,16,18). The van der Waals surface area contributed by atoms with Gasteiger partial charge in [0.15, 0.2) is 11.6 Å². The number of carbonyl (C=O) groups excluding carboxylic acids is 1. The summed E-state index contributed by atoms with van der Waals surface area (Å²) in [6, 6.07) is 12.0. The normalized spacial score (nSPS) is 9.83. The number of rotatable bonds is 2. The summed E-state index contributed by atoms with van der Waals surface area (Å²) in [6.45, 7) is 0. The first-order chi connectivity index (χ1) is 8.65. The maximum Gasteiger partial charge on any atom is 0.323 e. The summed E-state index contributed by atoms with van der Waals surface area (Å²) in [5, 5.41) is 14.1. The molecule has 2 rings (SSSR count). The molecule has 0 aliphatic rings. The number of amides is 2. The molecule has 92 valence electrons. The molecule has 0 bridgehead atoms. The van der Waals surface area contributed by atoms with Crippen molar-refractivity contribution in [3.63, 3.8) is 0 Å². The molecule has 18 heavy (non-hydrogen) atoms. The number of nitrogens with one attached hydrogen (secondary N) is 2.